The van der Waals surface area contributed by atoms with Gasteiger partial charge in [-0.2, -0.15) is 20.0 Å². The van der Waals surface area contributed by atoms with Gasteiger partial charge in [0, 0.05) is 19.6 Å². The number of esters is 1. The number of methoxy groups -OCH3 is 1. The van der Waals surface area contributed by atoms with Crippen LogP contribution < -0.4 is 43.4 Å². The summed E-state index contributed by atoms with van der Waals surface area (Å²) in [5.74, 6) is -1.31. The number of nitrogens with two attached hydrogens (primary N) is 3. The van der Waals surface area contributed by atoms with Crippen molar-refractivity contribution >= 4 is 102 Å². The van der Waals surface area contributed by atoms with E-state index in [0.29, 0.717) is 43.2 Å². The molecule has 0 bridgehead atoms. The Morgan fingerprint density at radius 3 is 2.49 bits per heavy atom. The summed E-state index contributed by atoms with van der Waals surface area (Å²) >= 11 is 6.98. The van der Waals surface area contributed by atoms with Gasteiger partial charge in [-0.15, -0.1) is 42.3 Å². The minimum absolute atomic E-state index is 0. The number of ether oxygens (including phenoxy) is 2. The molecule has 20 nitrogen and oxygen atoms in total. The van der Waals surface area contributed by atoms with Gasteiger partial charge < -0.3 is 52.8 Å². The van der Waals surface area contributed by atoms with E-state index >= 15 is 0 Å². The van der Waals surface area contributed by atoms with Gasteiger partial charge in [0.1, 0.15) is 18.2 Å². The second-order valence-corrected chi connectivity index (χ2v) is 13.0. The SMILES string of the molecule is CCNc1nc(Nc2cc(C#N)cc(N3CC[C@@H](NC(=O)OC)[C@H](OC(=O)[C@@H](NC(=O)[C@@H](N)CCCN=C(N)N)C(C)C)C3)c2Cl)nn2c(C#N)cnc12.Cl.Cl.Cl. The number of guanidine groups is 1. The number of anilines is 4. The molecule has 2 aromatic heterocycles. The predicted octanol–water partition coefficient (Wildman–Crippen LogP) is 2.33. The standard InChI is InChI=1S/C33H44ClN15O5.3ClH/c1-5-40-27-28-42-15-19(14-36)49(28)47-32(46-27)43-22-11-18(13-35)12-23(25(22)34)48-10-8-21(44-33(52)53-4)24(16-48)54-30(51)26(17(2)3)45-29(50)20(37)7-6-9-41-31(38)39;;;/h11-12,15,17,20-21,24,26H,5-10,16,37H2,1-4H3,(H,44,52)(H,45,50)(H4,38,39,41)(H2,40,43,46,47);3*1H/t20-,21+,24+,26-;;;/m0.../s1. The lowest BCUT2D eigenvalue weighted by Crippen LogP contribution is -2.58. The first-order valence-electron chi connectivity index (χ1n) is 17.1. The Kier molecular flexibility index (Phi) is 20.2. The lowest BCUT2D eigenvalue weighted by atomic mass is 9.99. The Balaban J connectivity index is 0.00000541. The van der Waals surface area contributed by atoms with Crippen molar-refractivity contribution in [1.29, 1.82) is 10.5 Å². The van der Waals surface area contributed by atoms with Crippen molar-refractivity contribution in [3.8, 4) is 12.1 Å². The third-order valence-corrected chi connectivity index (χ3v) is 8.83. The van der Waals surface area contributed by atoms with Crippen molar-refractivity contribution < 1.29 is 23.9 Å². The van der Waals surface area contributed by atoms with Crippen LogP contribution >= 0.6 is 48.8 Å². The number of hydrogen-bond acceptors (Lipinski definition) is 15. The molecule has 1 aromatic carbocycles. The van der Waals surface area contributed by atoms with Gasteiger partial charge in [0.2, 0.25) is 11.9 Å². The first-order chi connectivity index (χ1) is 25.8. The molecule has 0 saturated carbocycles. The number of amides is 2. The summed E-state index contributed by atoms with van der Waals surface area (Å²) in [6.45, 7) is 6.53. The molecule has 0 radical (unpaired) electrons. The third-order valence-electron chi connectivity index (χ3n) is 8.43. The molecule has 10 N–H and O–H groups in total. The molecule has 4 atom stereocenters. The fraction of sp³-hybridized carbons (Fsp3) is 0.485. The van der Waals surface area contributed by atoms with E-state index in [2.05, 4.69) is 47.4 Å². The highest BCUT2D eigenvalue weighted by atomic mass is 35.5. The third kappa shape index (κ3) is 12.9. The predicted molar refractivity (Wildman–Crippen MR) is 222 cm³/mol. The Labute approximate surface area is 352 Å². The Morgan fingerprint density at radius 1 is 1.16 bits per heavy atom. The lowest BCUT2D eigenvalue weighted by molar-refractivity contribution is -0.156. The van der Waals surface area contributed by atoms with Crippen LogP contribution in [0.15, 0.2) is 23.3 Å². The number of aliphatic imine (C=N–C) groups is 1. The first kappa shape index (κ1) is 49.8. The number of carbonyl (C=O) groups excluding carboxylic acids is 3. The summed E-state index contributed by atoms with van der Waals surface area (Å²) in [7, 11) is 1.22. The number of benzene rings is 1. The molecule has 3 heterocycles. The number of piperidine rings is 1. The van der Waals surface area contributed by atoms with Crippen LogP contribution in [0.25, 0.3) is 5.65 Å². The molecule has 3 aromatic rings. The molecule has 0 aliphatic carbocycles. The zero-order valence-corrected chi connectivity index (χ0v) is 34.7. The van der Waals surface area contributed by atoms with Crippen molar-refractivity contribution in [3.05, 3.63) is 34.6 Å². The number of carbonyl (C=O) groups is 3. The number of alkyl carbamates (subject to hydrolysis) is 1. The summed E-state index contributed by atoms with van der Waals surface area (Å²) in [5.41, 5.74) is 18.2. The molecule has 24 heteroatoms. The van der Waals surface area contributed by atoms with Crippen molar-refractivity contribution in [3.63, 3.8) is 0 Å². The maximum absolute atomic E-state index is 13.7. The van der Waals surface area contributed by atoms with Crippen molar-refractivity contribution in [2.24, 2.45) is 28.1 Å². The normalized spacial score (nSPS) is 15.5. The molecule has 1 saturated heterocycles. The number of nitrogens with zero attached hydrogens (tertiary/aromatic N) is 8. The van der Waals surface area contributed by atoms with Gasteiger partial charge in [-0.05, 0) is 44.2 Å². The number of hydrogen-bond donors (Lipinski definition) is 7. The molecule has 0 unspecified atom stereocenters. The Hall–Kier alpha value is -5.25. The smallest absolute Gasteiger partial charge is 0.407 e. The molecule has 57 heavy (non-hydrogen) atoms. The minimum Gasteiger partial charge on any atom is -0.457 e. The van der Waals surface area contributed by atoms with Crippen LogP contribution in [-0.2, 0) is 19.1 Å². The van der Waals surface area contributed by atoms with E-state index in [1.165, 1.54) is 23.9 Å². The topological polar surface area (TPSA) is 302 Å². The summed E-state index contributed by atoms with van der Waals surface area (Å²) < 4.78 is 12.2. The summed E-state index contributed by atoms with van der Waals surface area (Å²) in [5, 5.41) is 35.7. The van der Waals surface area contributed by atoms with Crippen molar-refractivity contribution in [1.82, 2.24) is 30.2 Å². The molecule has 2 amide bonds. The minimum atomic E-state index is -1.07. The monoisotopic (exact) mass is 873 g/mol. The lowest BCUT2D eigenvalue weighted by Gasteiger charge is -2.40. The Morgan fingerprint density at radius 2 is 1.88 bits per heavy atom. The summed E-state index contributed by atoms with van der Waals surface area (Å²) in [6.07, 6.45) is 0.703. The second-order valence-electron chi connectivity index (χ2n) is 12.6. The average Bonchev–Trinajstić information content (AvgIpc) is 3.56. The van der Waals surface area contributed by atoms with E-state index in [4.69, 9.17) is 38.3 Å². The summed E-state index contributed by atoms with van der Waals surface area (Å²) in [6, 6.07) is 4.60. The number of imidazole rings is 1. The van der Waals surface area contributed by atoms with Gasteiger partial charge in [0.15, 0.2) is 23.1 Å². The van der Waals surface area contributed by atoms with Crippen molar-refractivity contribution in [2.75, 3.05) is 48.8 Å². The number of nitriles is 2. The molecule has 312 valence electrons. The van der Waals surface area contributed by atoms with Crippen molar-refractivity contribution in [2.45, 2.75) is 64.3 Å². The molecular weight excluding hydrogens is 828 g/mol. The molecule has 1 fully saturated rings. The van der Waals surface area contributed by atoms with E-state index in [9.17, 15) is 24.9 Å². The van der Waals surface area contributed by atoms with Crippen LogP contribution in [0, 0.1) is 28.6 Å². The highest BCUT2D eigenvalue weighted by Crippen LogP contribution is 2.37. The van der Waals surface area contributed by atoms with Gasteiger partial charge in [-0.3, -0.25) is 9.79 Å². The van der Waals surface area contributed by atoms with Crippen LogP contribution in [0.1, 0.15) is 51.3 Å². The zero-order valence-electron chi connectivity index (χ0n) is 31.5. The quantitative estimate of drug-likeness (QED) is 0.0499. The molecule has 1 aliphatic heterocycles. The maximum atomic E-state index is 13.7. The highest BCUT2D eigenvalue weighted by molar-refractivity contribution is 6.36. The van der Waals surface area contributed by atoms with Gasteiger partial charge in [-0.1, -0.05) is 25.4 Å². The molecule has 1 aliphatic rings. The van der Waals surface area contributed by atoms with Crippen LogP contribution in [0.2, 0.25) is 5.02 Å². The number of fused-ring (bicyclic) bond motifs is 1. The highest BCUT2D eigenvalue weighted by Gasteiger charge is 2.37. The average molecular weight is 876 g/mol. The van der Waals surface area contributed by atoms with Crippen LogP contribution in [0.4, 0.5) is 27.9 Å². The van der Waals surface area contributed by atoms with E-state index < -0.39 is 48.1 Å². The van der Waals surface area contributed by atoms with E-state index in [-0.39, 0.29) is 90.5 Å². The molecule has 0 spiro atoms. The van der Waals surface area contributed by atoms with E-state index in [0.717, 1.165) is 0 Å². The van der Waals surface area contributed by atoms with Gasteiger partial charge in [0.05, 0.1) is 60.0 Å². The Bertz CT molecular complexity index is 1970. The summed E-state index contributed by atoms with van der Waals surface area (Å²) in [4.78, 5) is 53.4. The number of aromatic nitrogens is 4. The molecule has 4 rings (SSSR count). The van der Waals surface area contributed by atoms with Crippen LogP contribution in [0.3, 0.4) is 0 Å². The van der Waals surface area contributed by atoms with E-state index in [1.54, 1.807) is 19.9 Å². The van der Waals surface area contributed by atoms with Gasteiger partial charge in [0.25, 0.3) is 0 Å². The fourth-order valence-electron chi connectivity index (χ4n) is 5.67. The molecular formula is C33H47Cl4N15O5. The second kappa shape index (κ2) is 23.1. The maximum Gasteiger partial charge on any atom is 0.407 e. The largest absolute Gasteiger partial charge is 0.457 e. The number of rotatable bonds is 15. The zero-order chi connectivity index (χ0) is 39.5. The fourth-order valence-corrected chi connectivity index (χ4v) is 5.95. The number of nitrogens with one attached hydrogen (secondary N) is 4. The number of halogens is 4. The van der Waals surface area contributed by atoms with Gasteiger partial charge in [-0.25, -0.2) is 14.6 Å². The van der Waals surface area contributed by atoms with Crippen LogP contribution in [0.5, 0.6) is 0 Å². The van der Waals surface area contributed by atoms with Gasteiger partial charge >= 0.3 is 12.1 Å². The van der Waals surface area contributed by atoms with Crippen LogP contribution in [-0.4, -0.2) is 101 Å². The van der Waals surface area contributed by atoms with E-state index in [1.807, 2.05) is 17.9 Å². The first-order valence-corrected chi connectivity index (χ1v) is 17.5.